The topological polar surface area (TPSA) is 98.6 Å². The van der Waals surface area contributed by atoms with E-state index in [0.717, 1.165) is 53.2 Å². The molecule has 1 aliphatic carbocycles. The van der Waals surface area contributed by atoms with Crippen LogP contribution in [0, 0.1) is 25.2 Å². The summed E-state index contributed by atoms with van der Waals surface area (Å²) in [5.41, 5.74) is 6.10. The molecule has 0 unspecified atom stereocenters. The number of carbonyl (C=O) groups excluding carboxylic acids is 1. The van der Waals surface area contributed by atoms with E-state index in [2.05, 4.69) is 16.7 Å². The molecule has 0 saturated carbocycles. The monoisotopic (exact) mass is 640 g/mol. The van der Waals surface area contributed by atoms with E-state index in [1.165, 1.54) is 21.8 Å². The van der Waals surface area contributed by atoms with E-state index in [0.29, 0.717) is 31.9 Å². The van der Waals surface area contributed by atoms with Crippen molar-refractivity contribution in [3.05, 3.63) is 99.8 Å². The summed E-state index contributed by atoms with van der Waals surface area (Å²) < 4.78 is 15.9. The fraction of sp³-hybridized carbons (Fsp3) is 0.371. The SMILES string of the molecule is CCOC(=O)C1=C(C)N=c2s/c(=C/c3cc(C)n(-c4sc5c(c4C#N)CCCC5)c3C)c(=O)n2[C@@H]1c1ccccc1OC(C)C. The summed E-state index contributed by atoms with van der Waals surface area (Å²) in [7, 11) is 0. The molecule has 10 heteroatoms. The number of thiazole rings is 1. The number of carbonyl (C=O) groups is 1. The Morgan fingerprint density at radius 2 is 1.93 bits per heavy atom. The van der Waals surface area contributed by atoms with Gasteiger partial charge in [-0.25, -0.2) is 9.79 Å². The second-order valence-electron chi connectivity index (χ2n) is 11.7. The molecule has 6 rings (SSSR count). The lowest BCUT2D eigenvalue weighted by Gasteiger charge is -2.26. The fourth-order valence-electron chi connectivity index (χ4n) is 6.37. The molecular formula is C35H36N4O4S2. The van der Waals surface area contributed by atoms with Crippen molar-refractivity contribution in [1.82, 2.24) is 9.13 Å². The summed E-state index contributed by atoms with van der Waals surface area (Å²) in [4.78, 5) is 34.2. The van der Waals surface area contributed by atoms with Crippen molar-refractivity contribution in [3.8, 4) is 16.8 Å². The van der Waals surface area contributed by atoms with Crippen molar-refractivity contribution in [2.24, 2.45) is 4.99 Å². The van der Waals surface area contributed by atoms with Gasteiger partial charge >= 0.3 is 5.97 Å². The average molecular weight is 641 g/mol. The number of allylic oxidation sites excluding steroid dienone is 1. The maximum atomic E-state index is 14.3. The van der Waals surface area contributed by atoms with Gasteiger partial charge in [0.15, 0.2) is 4.80 Å². The molecule has 45 heavy (non-hydrogen) atoms. The van der Waals surface area contributed by atoms with Crippen LogP contribution < -0.4 is 19.6 Å². The predicted molar refractivity (Wildman–Crippen MR) is 177 cm³/mol. The molecule has 1 aromatic carbocycles. The molecule has 0 fully saturated rings. The molecule has 3 aromatic heterocycles. The van der Waals surface area contributed by atoms with Gasteiger partial charge in [0.05, 0.1) is 34.1 Å². The second-order valence-corrected chi connectivity index (χ2v) is 13.8. The van der Waals surface area contributed by atoms with E-state index in [-0.39, 0.29) is 18.3 Å². The van der Waals surface area contributed by atoms with Gasteiger partial charge in [0.2, 0.25) is 0 Å². The number of ether oxygens (including phenoxy) is 2. The normalized spacial score (nSPS) is 16.3. The molecule has 4 heterocycles. The quantitative estimate of drug-likeness (QED) is 0.238. The zero-order valence-electron chi connectivity index (χ0n) is 26.4. The Hall–Kier alpha value is -4.20. The Balaban J connectivity index is 1.53. The van der Waals surface area contributed by atoms with E-state index in [1.54, 1.807) is 29.8 Å². The van der Waals surface area contributed by atoms with Crippen molar-refractivity contribution >= 4 is 34.7 Å². The summed E-state index contributed by atoms with van der Waals surface area (Å²) in [6.07, 6.45) is 6.02. The Morgan fingerprint density at radius 3 is 2.67 bits per heavy atom. The third-order valence-electron chi connectivity index (χ3n) is 8.32. The number of esters is 1. The number of para-hydroxylation sites is 1. The van der Waals surface area contributed by atoms with Crippen LogP contribution in [-0.4, -0.2) is 27.8 Å². The minimum absolute atomic E-state index is 0.108. The minimum Gasteiger partial charge on any atom is -0.491 e. The Kier molecular flexibility index (Phi) is 8.42. The molecule has 0 radical (unpaired) electrons. The Morgan fingerprint density at radius 1 is 1.18 bits per heavy atom. The van der Waals surface area contributed by atoms with Crippen LogP contribution in [0.1, 0.15) is 85.1 Å². The minimum atomic E-state index is -0.763. The number of rotatable bonds is 7. The van der Waals surface area contributed by atoms with Crippen LogP contribution >= 0.6 is 22.7 Å². The van der Waals surface area contributed by atoms with Crippen molar-refractivity contribution in [2.45, 2.75) is 79.4 Å². The van der Waals surface area contributed by atoms with Crippen molar-refractivity contribution in [3.63, 3.8) is 0 Å². The number of aromatic nitrogens is 2. The first-order valence-corrected chi connectivity index (χ1v) is 17.0. The molecule has 1 aliphatic heterocycles. The van der Waals surface area contributed by atoms with Gasteiger partial charge in [0.1, 0.15) is 22.9 Å². The van der Waals surface area contributed by atoms with Crippen LogP contribution in [0.25, 0.3) is 11.1 Å². The zero-order valence-corrected chi connectivity index (χ0v) is 28.0. The van der Waals surface area contributed by atoms with Crippen molar-refractivity contribution < 1.29 is 14.3 Å². The summed E-state index contributed by atoms with van der Waals surface area (Å²) in [6.45, 7) is 11.7. The van der Waals surface area contributed by atoms with Gasteiger partial charge in [-0.3, -0.25) is 9.36 Å². The maximum Gasteiger partial charge on any atom is 0.338 e. The van der Waals surface area contributed by atoms with E-state index in [9.17, 15) is 14.9 Å². The van der Waals surface area contributed by atoms with Crippen LogP contribution in [0.2, 0.25) is 0 Å². The van der Waals surface area contributed by atoms with E-state index in [1.807, 2.05) is 58.0 Å². The summed E-state index contributed by atoms with van der Waals surface area (Å²) in [5, 5.41) is 11.1. The highest BCUT2D eigenvalue weighted by atomic mass is 32.1. The lowest BCUT2D eigenvalue weighted by atomic mass is 9.95. The number of hydrogen-bond donors (Lipinski definition) is 0. The van der Waals surface area contributed by atoms with Crippen LogP contribution in [0.4, 0.5) is 0 Å². The number of aryl methyl sites for hydroxylation is 2. The summed E-state index contributed by atoms with van der Waals surface area (Å²) in [6, 6.07) is 11.3. The fourth-order valence-corrected chi connectivity index (χ4v) is 8.85. The molecule has 0 bridgehead atoms. The molecule has 4 aromatic rings. The molecule has 8 nitrogen and oxygen atoms in total. The smallest absolute Gasteiger partial charge is 0.338 e. The number of thiophene rings is 1. The number of hydrogen-bond acceptors (Lipinski definition) is 8. The van der Waals surface area contributed by atoms with Crippen molar-refractivity contribution in [2.75, 3.05) is 6.61 Å². The van der Waals surface area contributed by atoms with Crippen LogP contribution in [0.5, 0.6) is 5.75 Å². The van der Waals surface area contributed by atoms with E-state index < -0.39 is 12.0 Å². The van der Waals surface area contributed by atoms with E-state index in [4.69, 9.17) is 14.5 Å². The van der Waals surface area contributed by atoms with Crippen LogP contribution in [-0.2, 0) is 22.4 Å². The first-order valence-electron chi connectivity index (χ1n) is 15.3. The molecule has 1 atom stereocenters. The van der Waals surface area contributed by atoms with Crippen LogP contribution in [0.3, 0.4) is 0 Å². The highest BCUT2D eigenvalue weighted by Crippen LogP contribution is 2.39. The molecule has 0 amide bonds. The van der Waals surface area contributed by atoms with Crippen LogP contribution in [0.15, 0.2) is 51.4 Å². The first-order chi connectivity index (χ1) is 21.6. The number of nitriles is 1. The van der Waals surface area contributed by atoms with Gasteiger partial charge in [-0.1, -0.05) is 29.5 Å². The third-order valence-corrected chi connectivity index (χ3v) is 10.6. The Bertz CT molecular complexity index is 2080. The first kappa shape index (κ1) is 30.8. The second kappa shape index (κ2) is 12.3. The summed E-state index contributed by atoms with van der Waals surface area (Å²) >= 11 is 3.01. The third kappa shape index (κ3) is 5.38. The Labute approximate surface area is 270 Å². The lowest BCUT2D eigenvalue weighted by molar-refractivity contribution is -0.139. The molecular weight excluding hydrogens is 605 g/mol. The molecule has 0 saturated heterocycles. The van der Waals surface area contributed by atoms with Gasteiger partial charge in [-0.05, 0) is 96.6 Å². The van der Waals surface area contributed by atoms with E-state index >= 15 is 0 Å². The molecule has 0 N–H and O–H groups in total. The zero-order chi connectivity index (χ0) is 32.0. The largest absolute Gasteiger partial charge is 0.491 e. The molecule has 232 valence electrons. The van der Waals surface area contributed by atoms with Gasteiger partial charge in [0.25, 0.3) is 5.56 Å². The lowest BCUT2D eigenvalue weighted by Crippen LogP contribution is -2.40. The van der Waals surface area contributed by atoms with Gasteiger partial charge in [-0.2, -0.15) is 5.26 Å². The summed E-state index contributed by atoms with van der Waals surface area (Å²) in [5.74, 6) is 0.0898. The predicted octanol–water partition coefficient (Wildman–Crippen LogP) is 5.81. The number of fused-ring (bicyclic) bond motifs is 2. The van der Waals surface area contributed by atoms with Gasteiger partial charge in [-0.15, -0.1) is 11.3 Å². The molecule has 0 spiro atoms. The standard InChI is InChI=1S/C35H36N4O4S2/c1-7-42-34(41)30-21(5)37-35-39(31(30)25-13-8-10-14-27(25)43-19(2)3)32(40)29(45-35)17-23-16-20(4)38(22(23)6)33-26(18-36)24-12-9-11-15-28(24)44-33/h8,10,13-14,16-17,19,31H,7,9,11-12,15H2,1-6H3/b29-17+/t31-/m1/s1. The highest BCUT2D eigenvalue weighted by molar-refractivity contribution is 7.15. The van der Waals surface area contributed by atoms with Gasteiger partial charge < -0.3 is 14.0 Å². The van der Waals surface area contributed by atoms with Crippen molar-refractivity contribution in [1.29, 1.82) is 5.26 Å². The maximum absolute atomic E-state index is 14.3. The average Bonchev–Trinajstić information content (AvgIpc) is 3.61. The number of nitrogens with zero attached hydrogens (tertiary/aromatic N) is 4. The van der Waals surface area contributed by atoms with Gasteiger partial charge in [0, 0.05) is 21.8 Å². The number of benzene rings is 1. The molecule has 2 aliphatic rings. The highest BCUT2D eigenvalue weighted by Gasteiger charge is 2.35.